The molecule has 138 valence electrons. The van der Waals surface area contributed by atoms with Gasteiger partial charge in [-0.05, 0) is 49.9 Å². The summed E-state index contributed by atoms with van der Waals surface area (Å²) in [5.74, 6) is 0.873. The van der Waals surface area contributed by atoms with E-state index in [0.717, 1.165) is 15.6 Å². The second-order valence-corrected chi connectivity index (χ2v) is 9.14. The van der Waals surface area contributed by atoms with E-state index >= 15 is 0 Å². The standard InChI is InChI=1S/C22H22ClN3S/c1-26-17-11-12-19(26)20(18(13-17)14-7-9-16(23)10-8-14)22-25-24-21(27-22)15-5-3-2-4-6-15/h2-10,17-20H,11-13H2,1H3/t17-,18+,19+,20-/m0/s1. The zero-order valence-electron chi connectivity index (χ0n) is 15.3. The van der Waals surface area contributed by atoms with Crippen molar-refractivity contribution in [3.63, 3.8) is 0 Å². The van der Waals surface area contributed by atoms with Crippen LogP contribution in [0.2, 0.25) is 5.02 Å². The molecule has 3 nitrogen and oxygen atoms in total. The van der Waals surface area contributed by atoms with Gasteiger partial charge in [-0.2, -0.15) is 0 Å². The Balaban J connectivity index is 1.54. The minimum atomic E-state index is 0.393. The zero-order chi connectivity index (χ0) is 18.4. The Morgan fingerprint density at radius 1 is 1.00 bits per heavy atom. The Labute approximate surface area is 169 Å². The van der Waals surface area contributed by atoms with Crippen LogP contribution in [0.25, 0.3) is 10.6 Å². The Kier molecular flexibility index (Phi) is 4.50. The van der Waals surface area contributed by atoms with E-state index in [1.165, 1.54) is 29.8 Å². The van der Waals surface area contributed by atoms with Crippen LogP contribution in [0.3, 0.4) is 0 Å². The van der Waals surface area contributed by atoms with E-state index in [9.17, 15) is 0 Å². The second kappa shape index (κ2) is 7.01. The zero-order valence-corrected chi connectivity index (χ0v) is 16.8. The molecule has 4 atom stereocenters. The molecule has 0 radical (unpaired) electrons. The second-order valence-electron chi connectivity index (χ2n) is 7.69. The van der Waals surface area contributed by atoms with Crippen LogP contribution in [0.4, 0.5) is 0 Å². The van der Waals surface area contributed by atoms with Gasteiger partial charge < -0.3 is 0 Å². The molecular formula is C22H22ClN3S. The summed E-state index contributed by atoms with van der Waals surface area (Å²) >= 11 is 7.90. The topological polar surface area (TPSA) is 29.0 Å². The van der Waals surface area contributed by atoms with Crippen LogP contribution in [-0.2, 0) is 0 Å². The lowest BCUT2D eigenvalue weighted by molar-refractivity contribution is 0.137. The molecule has 0 aliphatic carbocycles. The van der Waals surface area contributed by atoms with Gasteiger partial charge in [0.05, 0.1) is 0 Å². The first-order chi connectivity index (χ1) is 13.2. The maximum absolute atomic E-state index is 6.14. The SMILES string of the molecule is CN1[C@H]2CC[C@@H]1[C@@H](c1nnc(-c3ccccc3)s1)[C@@H](c1ccc(Cl)cc1)C2. The summed E-state index contributed by atoms with van der Waals surface area (Å²) in [7, 11) is 2.28. The number of hydrogen-bond donors (Lipinski definition) is 0. The molecule has 3 heterocycles. The highest BCUT2D eigenvalue weighted by Gasteiger charge is 2.47. The monoisotopic (exact) mass is 395 g/mol. The Hall–Kier alpha value is -1.75. The van der Waals surface area contributed by atoms with E-state index in [1.54, 1.807) is 11.3 Å². The number of benzene rings is 2. The maximum Gasteiger partial charge on any atom is 0.147 e. The largest absolute Gasteiger partial charge is 0.300 e. The minimum absolute atomic E-state index is 0.393. The van der Waals surface area contributed by atoms with Crippen LogP contribution in [0.1, 0.15) is 41.7 Å². The molecule has 2 aliphatic rings. The molecule has 0 spiro atoms. The van der Waals surface area contributed by atoms with Crippen LogP contribution < -0.4 is 0 Å². The van der Waals surface area contributed by atoms with E-state index in [4.69, 9.17) is 11.6 Å². The van der Waals surface area contributed by atoms with Crippen molar-refractivity contribution in [1.82, 2.24) is 15.1 Å². The van der Waals surface area contributed by atoms with E-state index in [1.807, 2.05) is 18.2 Å². The Bertz CT molecular complexity index is 924. The number of fused-ring (bicyclic) bond motifs is 2. The van der Waals surface area contributed by atoms with Gasteiger partial charge >= 0.3 is 0 Å². The average molecular weight is 396 g/mol. The number of rotatable bonds is 3. The summed E-state index contributed by atoms with van der Waals surface area (Å²) in [6, 6.07) is 20.0. The molecule has 0 amide bonds. The molecule has 2 saturated heterocycles. The summed E-state index contributed by atoms with van der Waals surface area (Å²) in [6.45, 7) is 0. The fraction of sp³-hybridized carbons (Fsp3) is 0.364. The first-order valence-corrected chi connectivity index (χ1v) is 10.8. The third-order valence-electron chi connectivity index (χ3n) is 6.31. The molecule has 2 aliphatic heterocycles. The van der Waals surface area contributed by atoms with Crippen molar-refractivity contribution >= 4 is 22.9 Å². The van der Waals surface area contributed by atoms with Crippen LogP contribution in [0, 0.1) is 0 Å². The fourth-order valence-corrected chi connectivity index (χ4v) is 6.12. The smallest absolute Gasteiger partial charge is 0.147 e. The van der Waals surface area contributed by atoms with Crippen molar-refractivity contribution in [2.24, 2.45) is 0 Å². The Morgan fingerprint density at radius 3 is 2.56 bits per heavy atom. The number of likely N-dealkylation sites (N-methyl/N-ethyl adjacent to an activating group) is 1. The molecule has 0 unspecified atom stereocenters. The number of piperidine rings is 1. The lowest BCUT2D eigenvalue weighted by Crippen LogP contribution is -2.44. The Morgan fingerprint density at radius 2 is 1.78 bits per heavy atom. The van der Waals surface area contributed by atoms with E-state index < -0.39 is 0 Å². The predicted molar refractivity (Wildman–Crippen MR) is 111 cm³/mol. The van der Waals surface area contributed by atoms with Gasteiger partial charge in [-0.15, -0.1) is 10.2 Å². The number of nitrogens with zero attached hydrogens (tertiary/aromatic N) is 3. The first kappa shape index (κ1) is 17.4. The summed E-state index contributed by atoms with van der Waals surface area (Å²) in [6.07, 6.45) is 3.71. The normalized spacial score (nSPS) is 27.8. The molecule has 5 heteroatoms. The quantitative estimate of drug-likeness (QED) is 0.578. The molecule has 2 bridgehead atoms. The lowest BCUT2D eigenvalue weighted by atomic mass is 9.76. The van der Waals surface area contributed by atoms with Crippen molar-refractivity contribution in [2.75, 3.05) is 7.05 Å². The average Bonchev–Trinajstić information content (AvgIpc) is 3.26. The van der Waals surface area contributed by atoms with Crippen molar-refractivity contribution < 1.29 is 0 Å². The van der Waals surface area contributed by atoms with Gasteiger partial charge in [-0.25, -0.2) is 0 Å². The fourth-order valence-electron chi connectivity index (χ4n) is 4.92. The summed E-state index contributed by atoms with van der Waals surface area (Å²) in [5.41, 5.74) is 2.53. The van der Waals surface area contributed by atoms with Crippen LogP contribution in [-0.4, -0.2) is 34.2 Å². The minimum Gasteiger partial charge on any atom is -0.300 e. The number of aromatic nitrogens is 2. The molecular weight excluding hydrogens is 374 g/mol. The van der Waals surface area contributed by atoms with Gasteiger partial charge in [0, 0.05) is 28.6 Å². The highest BCUT2D eigenvalue weighted by atomic mass is 35.5. The van der Waals surface area contributed by atoms with Gasteiger partial charge in [0.2, 0.25) is 0 Å². The molecule has 3 aromatic rings. The van der Waals surface area contributed by atoms with Gasteiger partial charge in [-0.3, -0.25) is 4.90 Å². The van der Waals surface area contributed by atoms with Crippen molar-refractivity contribution in [3.8, 4) is 10.6 Å². The molecule has 0 saturated carbocycles. The maximum atomic E-state index is 6.14. The molecule has 2 fully saturated rings. The number of hydrogen-bond acceptors (Lipinski definition) is 4. The van der Waals surface area contributed by atoms with E-state index in [0.29, 0.717) is 23.9 Å². The highest BCUT2D eigenvalue weighted by molar-refractivity contribution is 7.14. The summed E-state index contributed by atoms with van der Waals surface area (Å²) in [5, 5.41) is 12.2. The van der Waals surface area contributed by atoms with Crippen molar-refractivity contribution in [1.29, 1.82) is 0 Å². The van der Waals surface area contributed by atoms with Crippen LogP contribution in [0.5, 0.6) is 0 Å². The highest BCUT2D eigenvalue weighted by Crippen LogP contribution is 2.51. The number of halogens is 1. The third kappa shape index (κ3) is 3.10. The van der Waals surface area contributed by atoms with Gasteiger partial charge in [0.1, 0.15) is 10.0 Å². The molecule has 0 N–H and O–H groups in total. The van der Waals surface area contributed by atoms with Gasteiger partial charge in [-0.1, -0.05) is 65.4 Å². The van der Waals surface area contributed by atoms with E-state index in [2.05, 4.69) is 58.5 Å². The van der Waals surface area contributed by atoms with Crippen molar-refractivity contribution in [2.45, 2.75) is 43.2 Å². The third-order valence-corrected chi connectivity index (χ3v) is 7.64. The van der Waals surface area contributed by atoms with E-state index in [-0.39, 0.29) is 0 Å². The molecule has 5 rings (SSSR count). The first-order valence-electron chi connectivity index (χ1n) is 9.57. The molecule has 27 heavy (non-hydrogen) atoms. The summed E-state index contributed by atoms with van der Waals surface area (Å²) < 4.78 is 0. The predicted octanol–water partition coefficient (Wildman–Crippen LogP) is 5.59. The lowest BCUT2D eigenvalue weighted by Gasteiger charge is -2.42. The molecule has 2 aromatic carbocycles. The van der Waals surface area contributed by atoms with Gasteiger partial charge in [0.25, 0.3) is 0 Å². The van der Waals surface area contributed by atoms with Crippen molar-refractivity contribution in [3.05, 3.63) is 70.2 Å². The van der Waals surface area contributed by atoms with Crippen LogP contribution >= 0.6 is 22.9 Å². The summed E-state index contributed by atoms with van der Waals surface area (Å²) in [4.78, 5) is 2.58. The van der Waals surface area contributed by atoms with Gasteiger partial charge in [0.15, 0.2) is 0 Å². The molecule has 1 aromatic heterocycles. The van der Waals surface area contributed by atoms with Crippen LogP contribution in [0.15, 0.2) is 54.6 Å².